The Kier molecular flexibility index (Phi) is 5.40. The summed E-state index contributed by atoms with van der Waals surface area (Å²) in [5, 5.41) is 3.15. The van der Waals surface area contributed by atoms with E-state index in [2.05, 4.69) is 45.3 Å². The smallest absolute Gasteiger partial charge is 0.0283 e. The van der Waals surface area contributed by atoms with Crippen molar-refractivity contribution in [2.75, 3.05) is 7.05 Å². The van der Waals surface area contributed by atoms with Crippen molar-refractivity contribution < 1.29 is 0 Å². The Morgan fingerprint density at radius 1 is 1.31 bits per heavy atom. The van der Waals surface area contributed by atoms with Crippen LogP contribution in [-0.2, 0) is 0 Å². The van der Waals surface area contributed by atoms with Crippen LogP contribution in [0.3, 0.4) is 0 Å². The Morgan fingerprint density at radius 3 is 2.15 bits per heavy atom. The Morgan fingerprint density at radius 2 is 1.85 bits per heavy atom. The van der Waals surface area contributed by atoms with Crippen LogP contribution in [-0.4, -0.2) is 13.1 Å². The van der Waals surface area contributed by atoms with Crippen molar-refractivity contribution in [3.63, 3.8) is 0 Å². The molecule has 0 rings (SSSR count). The third-order valence-electron chi connectivity index (χ3n) is 2.24. The molecule has 0 aromatic rings. The van der Waals surface area contributed by atoms with Gasteiger partial charge in [-0.3, -0.25) is 0 Å². The monoisotopic (exact) mass is 179 g/mol. The summed E-state index contributed by atoms with van der Waals surface area (Å²) in [7, 11) is 1.94. The minimum absolute atomic E-state index is 0.327. The summed E-state index contributed by atoms with van der Waals surface area (Å²) in [6.45, 7) is 14.2. The minimum atomic E-state index is 0.327. The molecule has 0 heterocycles. The molecule has 0 saturated heterocycles. The second-order valence-corrected chi connectivity index (χ2v) is 3.59. The van der Waals surface area contributed by atoms with Crippen LogP contribution in [0.2, 0.25) is 0 Å². The molecule has 1 unspecified atom stereocenters. The van der Waals surface area contributed by atoms with Gasteiger partial charge in [0, 0.05) is 6.04 Å². The number of likely N-dealkylation sites (N-methyl/N-ethyl adjacent to an activating group) is 1. The molecule has 1 nitrogen and oxygen atoms in total. The van der Waals surface area contributed by atoms with E-state index < -0.39 is 0 Å². The second-order valence-electron chi connectivity index (χ2n) is 3.59. The van der Waals surface area contributed by atoms with E-state index in [1.165, 1.54) is 5.57 Å². The highest BCUT2D eigenvalue weighted by molar-refractivity contribution is 5.31. The first-order valence-corrected chi connectivity index (χ1v) is 4.73. The van der Waals surface area contributed by atoms with E-state index in [4.69, 9.17) is 0 Å². The summed E-state index contributed by atoms with van der Waals surface area (Å²) in [6, 6.07) is 0.327. The Balaban J connectivity index is 4.51. The number of hydrogen-bond donors (Lipinski definition) is 1. The molecule has 0 fully saturated rings. The lowest BCUT2D eigenvalue weighted by atomic mass is 9.99. The van der Waals surface area contributed by atoms with E-state index in [1.807, 2.05) is 13.1 Å². The summed E-state index contributed by atoms with van der Waals surface area (Å²) >= 11 is 0. The average molecular weight is 179 g/mol. The van der Waals surface area contributed by atoms with Crippen LogP contribution in [0.4, 0.5) is 0 Å². The molecule has 1 N–H and O–H groups in total. The highest BCUT2D eigenvalue weighted by Crippen LogP contribution is 2.14. The molecule has 0 aliphatic heterocycles. The normalized spacial score (nSPS) is 14.4. The lowest BCUT2D eigenvalue weighted by Crippen LogP contribution is -2.22. The molecule has 0 aromatic carbocycles. The number of nitrogens with one attached hydrogen (secondary N) is 1. The summed E-state index contributed by atoms with van der Waals surface area (Å²) in [5.74, 6) is 0.512. The highest BCUT2D eigenvalue weighted by Gasteiger charge is 2.03. The molecule has 0 aromatic heterocycles. The van der Waals surface area contributed by atoms with Crippen LogP contribution in [0.25, 0.3) is 0 Å². The first kappa shape index (κ1) is 12.2. The lowest BCUT2D eigenvalue weighted by molar-refractivity contribution is 0.702. The fourth-order valence-corrected chi connectivity index (χ4v) is 0.986. The van der Waals surface area contributed by atoms with E-state index in [0.29, 0.717) is 12.0 Å². The van der Waals surface area contributed by atoms with Gasteiger partial charge in [0.15, 0.2) is 0 Å². The van der Waals surface area contributed by atoms with E-state index in [-0.39, 0.29) is 0 Å². The summed E-state index contributed by atoms with van der Waals surface area (Å²) < 4.78 is 0. The van der Waals surface area contributed by atoms with Crippen molar-refractivity contribution >= 4 is 0 Å². The third kappa shape index (κ3) is 4.09. The predicted octanol–water partition coefficient (Wildman–Crippen LogP) is 2.92. The van der Waals surface area contributed by atoms with Crippen LogP contribution in [0, 0.1) is 5.92 Å². The molecular weight excluding hydrogens is 158 g/mol. The third-order valence-corrected chi connectivity index (χ3v) is 2.24. The molecule has 0 spiro atoms. The highest BCUT2D eigenvalue weighted by atomic mass is 14.9. The van der Waals surface area contributed by atoms with Gasteiger partial charge in [0.2, 0.25) is 0 Å². The summed E-state index contributed by atoms with van der Waals surface area (Å²) in [4.78, 5) is 0. The zero-order valence-corrected chi connectivity index (χ0v) is 9.22. The van der Waals surface area contributed by atoms with E-state index >= 15 is 0 Å². The standard InChI is InChI=1S/C12H21N/c1-7-12(9(2)3)8-10(4)11(5)13-6/h7-9,11,13H,1,4H2,2-3,5-6H3/b12-8+. The quantitative estimate of drug-likeness (QED) is 0.640. The van der Waals surface area contributed by atoms with Crippen molar-refractivity contribution in [2.45, 2.75) is 26.8 Å². The Hall–Kier alpha value is -0.820. The number of rotatable bonds is 5. The second kappa shape index (κ2) is 5.76. The predicted molar refractivity (Wildman–Crippen MR) is 60.8 cm³/mol. The summed E-state index contributed by atoms with van der Waals surface area (Å²) in [6.07, 6.45) is 4.01. The zero-order valence-electron chi connectivity index (χ0n) is 9.22. The van der Waals surface area contributed by atoms with Gasteiger partial charge in [-0.25, -0.2) is 0 Å². The molecule has 13 heavy (non-hydrogen) atoms. The molecule has 1 heteroatoms. The van der Waals surface area contributed by atoms with Crippen LogP contribution in [0.1, 0.15) is 20.8 Å². The minimum Gasteiger partial charge on any atom is -0.313 e. The molecule has 0 aliphatic rings. The van der Waals surface area contributed by atoms with Gasteiger partial charge in [0.1, 0.15) is 0 Å². The van der Waals surface area contributed by atoms with Crippen LogP contribution in [0.5, 0.6) is 0 Å². The van der Waals surface area contributed by atoms with Crippen molar-refractivity contribution in [2.24, 2.45) is 5.92 Å². The maximum Gasteiger partial charge on any atom is 0.0283 e. The maximum atomic E-state index is 4.01. The topological polar surface area (TPSA) is 12.0 Å². The van der Waals surface area contributed by atoms with Crippen molar-refractivity contribution in [1.82, 2.24) is 5.32 Å². The van der Waals surface area contributed by atoms with Gasteiger partial charge in [0.05, 0.1) is 0 Å². The van der Waals surface area contributed by atoms with Crippen LogP contribution >= 0.6 is 0 Å². The molecule has 74 valence electrons. The molecule has 0 saturated carbocycles. The van der Waals surface area contributed by atoms with E-state index in [0.717, 1.165) is 5.57 Å². The van der Waals surface area contributed by atoms with Crippen LogP contribution < -0.4 is 5.32 Å². The van der Waals surface area contributed by atoms with E-state index in [9.17, 15) is 0 Å². The van der Waals surface area contributed by atoms with Gasteiger partial charge in [0.25, 0.3) is 0 Å². The fraction of sp³-hybridized carbons (Fsp3) is 0.500. The molecule has 0 bridgehead atoms. The molecule has 0 aliphatic carbocycles. The number of hydrogen-bond acceptors (Lipinski definition) is 1. The van der Waals surface area contributed by atoms with Gasteiger partial charge in [-0.1, -0.05) is 39.2 Å². The molecular formula is C12H21N. The average Bonchev–Trinajstić information content (AvgIpc) is 2.11. The molecule has 0 radical (unpaired) electrons. The summed E-state index contributed by atoms with van der Waals surface area (Å²) in [5.41, 5.74) is 2.35. The van der Waals surface area contributed by atoms with Gasteiger partial charge < -0.3 is 5.32 Å². The van der Waals surface area contributed by atoms with E-state index in [1.54, 1.807) is 0 Å². The first-order valence-electron chi connectivity index (χ1n) is 4.73. The maximum absolute atomic E-state index is 4.01. The lowest BCUT2D eigenvalue weighted by Gasteiger charge is -2.13. The fourth-order valence-electron chi connectivity index (χ4n) is 0.986. The van der Waals surface area contributed by atoms with Crippen molar-refractivity contribution in [3.8, 4) is 0 Å². The Labute approximate surface area is 82.2 Å². The SMILES string of the molecule is C=C/C(=C\C(=C)C(C)NC)C(C)C. The van der Waals surface area contributed by atoms with Gasteiger partial charge in [-0.2, -0.15) is 0 Å². The Bertz CT molecular complexity index is 211. The van der Waals surface area contributed by atoms with Crippen molar-refractivity contribution in [1.29, 1.82) is 0 Å². The molecule has 1 atom stereocenters. The van der Waals surface area contributed by atoms with Gasteiger partial charge in [-0.15, -0.1) is 0 Å². The largest absolute Gasteiger partial charge is 0.313 e. The zero-order chi connectivity index (χ0) is 10.4. The number of allylic oxidation sites excluding steroid dienone is 2. The van der Waals surface area contributed by atoms with Crippen LogP contribution in [0.15, 0.2) is 36.5 Å². The van der Waals surface area contributed by atoms with Gasteiger partial charge >= 0.3 is 0 Å². The molecule has 0 amide bonds. The first-order chi connectivity index (χ1) is 6.02. The van der Waals surface area contributed by atoms with Gasteiger partial charge in [-0.05, 0) is 31.0 Å². The van der Waals surface area contributed by atoms with Crippen molar-refractivity contribution in [3.05, 3.63) is 36.5 Å².